The number of nitriles is 1. The Morgan fingerprint density at radius 2 is 1.96 bits per heavy atom. The maximum absolute atomic E-state index is 12.6. The van der Waals surface area contributed by atoms with E-state index in [1.165, 1.54) is 0 Å². The topological polar surface area (TPSA) is 108 Å². The molecule has 1 heterocycles. The summed E-state index contributed by atoms with van der Waals surface area (Å²) in [6.45, 7) is 0. The standard InChI is InChI=1S/C19H19ClN4O2/c20-11-6-4-10(5-7-11)14-12(9-21)16(22)15-17(25)23-18(26)24-19(15)8-2-1-3-13(14)19/h4-7,13-15H,1-3,8,22H2,(H2,23,24,25,26)/t13-,14+,15-,19-/m0/s1. The molecular formula is C19H19ClN4O2. The number of nitrogens with two attached hydrogens (primary N) is 1. The van der Waals surface area contributed by atoms with Crippen molar-refractivity contribution in [3.63, 3.8) is 0 Å². The molecule has 3 amide bonds. The SMILES string of the molecule is N#CC1=C(N)[C@H]2C(=O)NC(=O)N[C@]23CCCC[C@H]3[C@@H]1c1ccc(Cl)cc1. The number of carbonyl (C=O) groups excluding carboxylic acids is 2. The number of carbonyl (C=O) groups is 2. The fourth-order valence-corrected chi connectivity index (χ4v) is 5.22. The molecule has 0 radical (unpaired) electrons. The van der Waals surface area contributed by atoms with E-state index < -0.39 is 23.4 Å². The van der Waals surface area contributed by atoms with Gasteiger partial charge in [0.15, 0.2) is 0 Å². The summed E-state index contributed by atoms with van der Waals surface area (Å²) in [7, 11) is 0. The average Bonchev–Trinajstić information content (AvgIpc) is 2.60. The van der Waals surface area contributed by atoms with Crippen LogP contribution in [0, 0.1) is 23.2 Å². The van der Waals surface area contributed by atoms with Crippen LogP contribution in [0.25, 0.3) is 0 Å². The van der Waals surface area contributed by atoms with Gasteiger partial charge in [0.05, 0.1) is 17.2 Å². The Kier molecular flexibility index (Phi) is 3.92. The first-order chi connectivity index (χ1) is 12.5. The highest BCUT2D eigenvalue weighted by Gasteiger charge is 2.60. The van der Waals surface area contributed by atoms with Crippen LogP contribution >= 0.6 is 11.6 Å². The second-order valence-corrected chi connectivity index (χ2v) is 7.72. The lowest BCUT2D eigenvalue weighted by Crippen LogP contribution is -2.73. The van der Waals surface area contributed by atoms with Crippen LogP contribution in [-0.2, 0) is 4.79 Å². The zero-order chi connectivity index (χ0) is 18.5. The first kappa shape index (κ1) is 16.9. The summed E-state index contributed by atoms with van der Waals surface area (Å²) in [6, 6.07) is 9.12. The van der Waals surface area contributed by atoms with E-state index in [0.29, 0.717) is 17.0 Å². The number of rotatable bonds is 1. The lowest BCUT2D eigenvalue weighted by molar-refractivity contribution is -0.129. The van der Waals surface area contributed by atoms with Crippen LogP contribution < -0.4 is 16.4 Å². The van der Waals surface area contributed by atoms with Crippen molar-refractivity contribution >= 4 is 23.5 Å². The summed E-state index contributed by atoms with van der Waals surface area (Å²) in [5.74, 6) is -1.46. The minimum Gasteiger partial charge on any atom is -0.400 e. The van der Waals surface area contributed by atoms with Crippen molar-refractivity contribution in [3.05, 3.63) is 46.1 Å². The van der Waals surface area contributed by atoms with Crippen molar-refractivity contribution in [2.24, 2.45) is 17.6 Å². The zero-order valence-electron chi connectivity index (χ0n) is 14.1. The van der Waals surface area contributed by atoms with Crippen LogP contribution in [-0.4, -0.2) is 17.5 Å². The number of nitrogens with one attached hydrogen (secondary N) is 2. The van der Waals surface area contributed by atoms with Gasteiger partial charge in [-0.25, -0.2) is 4.79 Å². The third-order valence-electron chi connectivity index (χ3n) is 6.06. The number of nitrogens with zero attached hydrogens (tertiary/aromatic N) is 1. The number of halogens is 1. The van der Waals surface area contributed by atoms with Gasteiger partial charge in [-0.1, -0.05) is 36.6 Å². The second kappa shape index (κ2) is 6.03. The molecule has 3 aliphatic rings. The molecule has 134 valence electrons. The lowest BCUT2D eigenvalue weighted by Gasteiger charge is -2.56. The molecule has 6 nitrogen and oxygen atoms in total. The monoisotopic (exact) mass is 370 g/mol. The Hall–Kier alpha value is -2.52. The molecule has 1 aromatic rings. The molecule has 1 aromatic carbocycles. The molecule has 4 N–H and O–H groups in total. The normalized spacial score (nSPS) is 33.5. The number of hydrogen-bond acceptors (Lipinski definition) is 4. The van der Waals surface area contributed by atoms with Gasteiger partial charge in [0, 0.05) is 16.6 Å². The fraction of sp³-hybridized carbons (Fsp3) is 0.421. The summed E-state index contributed by atoms with van der Waals surface area (Å²) in [4.78, 5) is 24.8. The fourth-order valence-electron chi connectivity index (χ4n) is 5.09. The summed E-state index contributed by atoms with van der Waals surface area (Å²) in [5.41, 5.74) is 7.23. The number of urea groups is 1. The molecule has 1 saturated carbocycles. The van der Waals surface area contributed by atoms with Gasteiger partial charge in [0.25, 0.3) is 0 Å². The van der Waals surface area contributed by atoms with Crippen molar-refractivity contribution in [1.29, 1.82) is 5.26 Å². The van der Waals surface area contributed by atoms with Crippen molar-refractivity contribution in [2.75, 3.05) is 0 Å². The Balaban J connectivity index is 1.94. The molecule has 2 aliphatic carbocycles. The number of imide groups is 1. The maximum atomic E-state index is 12.6. The van der Waals surface area contributed by atoms with E-state index in [4.69, 9.17) is 17.3 Å². The van der Waals surface area contributed by atoms with Gasteiger partial charge < -0.3 is 11.1 Å². The molecule has 2 fully saturated rings. The van der Waals surface area contributed by atoms with E-state index in [0.717, 1.165) is 24.8 Å². The van der Waals surface area contributed by atoms with Crippen LogP contribution in [0.5, 0.6) is 0 Å². The number of hydrogen-bond donors (Lipinski definition) is 3. The highest BCUT2D eigenvalue weighted by Crippen LogP contribution is 2.55. The molecule has 26 heavy (non-hydrogen) atoms. The van der Waals surface area contributed by atoms with Crippen LogP contribution in [0.3, 0.4) is 0 Å². The second-order valence-electron chi connectivity index (χ2n) is 7.28. The molecule has 0 bridgehead atoms. The Bertz CT molecular complexity index is 857. The Labute approximate surface area is 156 Å². The third-order valence-corrected chi connectivity index (χ3v) is 6.31. The van der Waals surface area contributed by atoms with E-state index in [9.17, 15) is 14.9 Å². The molecule has 4 atom stereocenters. The Morgan fingerprint density at radius 1 is 1.23 bits per heavy atom. The molecule has 7 heteroatoms. The van der Waals surface area contributed by atoms with Crippen molar-refractivity contribution in [3.8, 4) is 6.07 Å². The molecule has 0 aromatic heterocycles. The first-order valence-corrected chi connectivity index (χ1v) is 9.14. The van der Waals surface area contributed by atoms with Crippen LogP contribution in [0.15, 0.2) is 35.5 Å². The number of amides is 3. The minimum atomic E-state index is -0.744. The summed E-state index contributed by atoms with van der Waals surface area (Å²) >= 11 is 6.02. The molecule has 0 unspecified atom stereocenters. The van der Waals surface area contributed by atoms with E-state index in [2.05, 4.69) is 16.7 Å². The van der Waals surface area contributed by atoms with Gasteiger partial charge in [-0.2, -0.15) is 5.26 Å². The summed E-state index contributed by atoms with van der Waals surface area (Å²) in [5, 5.41) is 15.8. The number of allylic oxidation sites excluding steroid dienone is 1. The van der Waals surface area contributed by atoms with Crippen molar-refractivity contribution in [2.45, 2.75) is 37.1 Å². The predicted molar refractivity (Wildman–Crippen MR) is 95.9 cm³/mol. The van der Waals surface area contributed by atoms with Crippen molar-refractivity contribution < 1.29 is 9.59 Å². The third kappa shape index (κ3) is 2.31. The molecular weight excluding hydrogens is 352 g/mol. The van der Waals surface area contributed by atoms with E-state index >= 15 is 0 Å². The van der Waals surface area contributed by atoms with E-state index in [1.807, 2.05) is 12.1 Å². The largest absolute Gasteiger partial charge is 0.400 e. The van der Waals surface area contributed by atoms with Gasteiger partial charge in [-0.3, -0.25) is 10.1 Å². The molecule has 4 rings (SSSR count). The molecule has 1 spiro atoms. The first-order valence-electron chi connectivity index (χ1n) is 8.76. The number of benzene rings is 1. The molecule has 1 aliphatic heterocycles. The van der Waals surface area contributed by atoms with Crippen LogP contribution in [0.4, 0.5) is 4.79 Å². The summed E-state index contributed by atoms with van der Waals surface area (Å²) in [6.07, 6.45) is 3.38. The maximum Gasteiger partial charge on any atom is 0.321 e. The van der Waals surface area contributed by atoms with Crippen molar-refractivity contribution in [1.82, 2.24) is 10.6 Å². The van der Waals surface area contributed by atoms with Gasteiger partial charge in [-0.15, -0.1) is 0 Å². The van der Waals surface area contributed by atoms with Gasteiger partial charge in [-0.05, 0) is 36.5 Å². The quantitative estimate of drug-likeness (QED) is 0.705. The predicted octanol–water partition coefficient (Wildman–Crippen LogP) is 2.56. The van der Waals surface area contributed by atoms with Gasteiger partial charge >= 0.3 is 6.03 Å². The van der Waals surface area contributed by atoms with Crippen LogP contribution in [0.2, 0.25) is 5.02 Å². The summed E-state index contributed by atoms with van der Waals surface area (Å²) < 4.78 is 0. The lowest BCUT2D eigenvalue weighted by atomic mass is 9.54. The average molecular weight is 371 g/mol. The van der Waals surface area contributed by atoms with Gasteiger partial charge in [0.2, 0.25) is 5.91 Å². The Morgan fingerprint density at radius 3 is 2.65 bits per heavy atom. The highest BCUT2D eigenvalue weighted by molar-refractivity contribution is 6.30. The zero-order valence-corrected chi connectivity index (χ0v) is 14.8. The van der Waals surface area contributed by atoms with Gasteiger partial charge in [0.1, 0.15) is 5.92 Å². The minimum absolute atomic E-state index is 0.0700. The van der Waals surface area contributed by atoms with Crippen LogP contribution in [0.1, 0.15) is 37.2 Å². The van der Waals surface area contributed by atoms with E-state index in [-0.39, 0.29) is 17.5 Å². The smallest absolute Gasteiger partial charge is 0.321 e. The van der Waals surface area contributed by atoms with E-state index in [1.54, 1.807) is 12.1 Å². The molecule has 1 saturated heterocycles. The highest BCUT2D eigenvalue weighted by atomic mass is 35.5.